The monoisotopic (exact) mass is 209 g/mol. The maximum absolute atomic E-state index is 13.4. The summed E-state index contributed by atoms with van der Waals surface area (Å²) in [5, 5.41) is 1.27. The molecule has 2 aromatic rings. The Hall–Kier alpha value is -1.15. The number of hydrogen-bond acceptors (Lipinski definition) is 1. The first-order valence-corrected chi connectivity index (χ1v) is 4.68. The molecular weight excluding hydrogens is 201 g/mol. The zero-order valence-electron chi connectivity index (χ0n) is 7.94. The summed E-state index contributed by atoms with van der Waals surface area (Å²) in [5.41, 5.74) is 2.06. The lowest BCUT2D eigenvalue weighted by Crippen LogP contribution is -1.89. The van der Waals surface area contributed by atoms with Crippen LogP contribution in [0.15, 0.2) is 18.3 Å². The van der Waals surface area contributed by atoms with Gasteiger partial charge in [0.2, 0.25) is 0 Å². The summed E-state index contributed by atoms with van der Waals surface area (Å²) in [6.07, 6.45) is 1.59. The maximum Gasteiger partial charge on any atom is 0.149 e. The molecule has 0 radical (unpaired) electrons. The first kappa shape index (κ1) is 9.41. The van der Waals surface area contributed by atoms with E-state index in [-0.39, 0.29) is 5.82 Å². The molecule has 0 aliphatic heterocycles. The number of benzene rings is 1. The largest absolute Gasteiger partial charge is 0.253 e. The van der Waals surface area contributed by atoms with E-state index in [1.165, 1.54) is 6.07 Å². The van der Waals surface area contributed by atoms with Crippen molar-refractivity contribution < 1.29 is 4.39 Å². The first-order valence-electron chi connectivity index (χ1n) is 4.30. The number of fused-ring (bicyclic) bond motifs is 1. The molecule has 3 heteroatoms. The SMILES string of the molecule is Cc1cc(F)c2ncc(C)c(Cl)c2c1. The van der Waals surface area contributed by atoms with Crippen LogP contribution in [0.2, 0.25) is 5.02 Å². The second-order valence-corrected chi connectivity index (χ2v) is 3.78. The molecule has 0 N–H and O–H groups in total. The third kappa shape index (κ3) is 1.36. The second kappa shape index (κ2) is 3.21. The lowest BCUT2D eigenvalue weighted by molar-refractivity contribution is 0.635. The van der Waals surface area contributed by atoms with Gasteiger partial charge in [-0.3, -0.25) is 4.98 Å². The van der Waals surface area contributed by atoms with Gasteiger partial charge in [0.25, 0.3) is 0 Å². The molecule has 14 heavy (non-hydrogen) atoms. The van der Waals surface area contributed by atoms with Crippen molar-refractivity contribution in [3.63, 3.8) is 0 Å². The molecule has 72 valence electrons. The van der Waals surface area contributed by atoms with Gasteiger partial charge >= 0.3 is 0 Å². The molecule has 1 aromatic carbocycles. The van der Waals surface area contributed by atoms with Crippen LogP contribution in [0.4, 0.5) is 4.39 Å². The van der Waals surface area contributed by atoms with Crippen LogP contribution in [0.5, 0.6) is 0 Å². The van der Waals surface area contributed by atoms with Gasteiger partial charge in [-0.1, -0.05) is 11.6 Å². The summed E-state index contributed by atoms with van der Waals surface area (Å²) in [6, 6.07) is 3.31. The summed E-state index contributed by atoms with van der Waals surface area (Å²) < 4.78 is 13.4. The third-order valence-electron chi connectivity index (χ3n) is 2.18. The van der Waals surface area contributed by atoms with Gasteiger partial charge < -0.3 is 0 Å². The third-order valence-corrected chi connectivity index (χ3v) is 2.68. The van der Waals surface area contributed by atoms with E-state index in [0.717, 1.165) is 11.1 Å². The highest BCUT2D eigenvalue weighted by atomic mass is 35.5. The first-order chi connectivity index (χ1) is 6.59. The van der Waals surface area contributed by atoms with Crippen molar-refractivity contribution in [2.24, 2.45) is 0 Å². The number of aryl methyl sites for hydroxylation is 2. The van der Waals surface area contributed by atoms with Gasteiger partial charge in [0.1, 0.15) is 11.3 Å². The quantitative estimate of drug-likeness (QED) is 0.646. The van der Waals surface area contributed by atoms with Crippen LogP contribution in [-0.4, -0.2) is 4.98 Å². The van der Waals surface area contributed by atoms with Crippen LogP contribution in [0, 0.1) is 19.7 Å². The van der Waals surface area contributed by atoms with E-state index in [2.05, 4.69) is 4.98 Å². The molecule has 1 aromatic heterocycles. The minimum absolute atomic E-state index is 0.318. The van der Waals surface area contributed by atoms with Crippen LogP contribution in [0.3, 0.4) is 0 Å². The van der Waals surface area contributed by atoms with Crippen LogP contribution in [-0.2, 0) is 0 Å². The molecule has 2 rings (SSSR count). The fraction of sp³-hybridized carbons (Fsp3) is 0.182. The Kier molecular flexibility index (Phi) is 2.16. The normalized spacial score (nSPS) is 10.9. The predicted octanol–water partition coefficient (Wildman–Crippen LogP) is 3.64. The Bertz CT molecular complexity index is 508. The Morgan fingerprint density at radius 2 is 2.00 bits per heavy atom. The van der Waals surface area contributed by atoms with E-state index in [0.29, 0.717) is 15.9 Å². The Labute approximate surface area is 86.5 Å². The zero-order valence-corrected chi connectivity index (χ0v) is 8.69. The summed E-state index contributed by atoms with van der Waals surface area (Å²) in [6.45, 7) is 3.69. The average Bonchev–Trinajstić information content (AvgIpc) is 2.12. The van der Waals surface area contributed by atoms with E-state index >= 15 is 0 Å². The minimum Gasteiger partial charge on any atom is -0.253 e. The van der Waals surface area contributed by atoms with Crippen molar-refractivity contribution in [2.75, 3.05) is 0 Å². The highest BCUT2D eigenvalue weighted by molar-refractivity contribution is 6.36. The number of aromatic nitrogens is 1. The number of rotatable bonds is 0. The summed E-state index contributed by atoms with van der Waals surface area (Å²) >= 11 is 6.06. The van der Waals surface area contributed by atoms with E-state index in [9.17, 15) is 4.39 Å². The van der Waals surface area contributed by atoms with Crippen LogP contribution < -0.4 is 0 Å². The smallest absolute Gasteiger partial charge is 0.149 e. The fourth-order valence-electron chi connectivity index (χ4n) is 1.46. The van der Waals surface area contributed by atoms with Gasteiger partial charge in [0, 0.05) is 11.6 Å². The predicted molar refractivity (Wildman–Crippen MR) is 56.2 cm³/mol. The number of pyridine rings is 1. The van der Waals surface area contributed by atoms with Crippen molar-refractivity contribution in [1.29, 1.82) is 0 Å². The van der Waals surface area contributed by atoms with E-state index < -0.39 is 0 Å². The number of halogens is 2. The molecule has 1 nitrogen and oxygen atoms in total. The highest BCUT2D eigenvalue weighted by Crippen LogP contribution is 2.27. The molecule has 0 aliphatic rings. The van der Waals surface area contributed by atoms with Crippen molar-refractivity contribution >= 4 is 22.5 Å². The molecule has 0 saturated carbocycles. The lowest BCUT2D eigenvalue weighted by Gasteiger charge is -2.04. The van der Waals surface area contributed by atoms with E-state index in [4.69, 9.17) is 11.6 Å². The average molecular weight is 210 g/mol. The van der Waals surface area contributed by atoms with Crippen molar-refractivity contribution in [3.8, 4) is 0 Å². The summed E-state index contributed by atoms with van der Waals surface area (Å²) in [5.74, 6) is -0.318. The molecular formula is C11H9ClFN. The van der Waals surface area contributed by atoms with Gasteiger partial charge in [0.05, 0.1) is 5.02 Å². The van der Waals surface area contributed by atoms with E-state index in [1.807, 2.05) is 19.9 Å². The van der Waals surface area contributed by atoms with E-state index in [1.54, 1.807) is 6.20 Å². The van der Waals surface area contributed by atoms with Crippen molar-refractivity contribution in [3.05, 3.63) is 40.3 Å². The number of hydrogen-bond donors (Lipinski definition) is 0. The molecule has 1 heterocycles. The van der Waals surface area contributed by atoms with Crippen LogP contribution in [0.1, 0.15) is 11.1 Å². The Morgan fingerprint density at radius 1 is 1.29 bits per heavy atom. The molecule has 0 saturated heterocycles. The molecule has 0 aliphatic carbocycles. The maximum atomic E-state index is 13.4. The lowest BCUT2D eigenvalue weighted by atomic mass is 10.1. The standard InChI is InChI=1S/C11H9ClFN/c1-6-3-8-10(12)7(2)5-14-11(8)9(13)4-6/h3-5H,1-2H3. The fourth-order valence-corrected chi connectivity index (χ4v) is 1.66. The number of nitrogens with zero attached hydrogens (tertiary/aromatic N) is 1. The molecule has 0 spiro atoms. The van der Waals surface area contributed by atoms with Crippen LogP contribution in [0.25, 0.3) is 10.9 Å². The second-order valence-electron chi connectivity index (χ2n) is 3.40. The summed E-state index contributed by atoms with van der Waals surface area (Å²) in [4.78, 5) is 4.02. The van der Waals surface area contributed by atoms with Gasteiger partial charge in [-0.05, 0) is 37.1 Å². The highest BCUT2D eigenvalue weighted by Gasteiger charge is 2.08. The Balaban J connectivity index is 2.95. The zero-order chi connectivity index (χ0) is 10.3. The van der Waals surface area contributed by atoms with Gasteiger partial charge in [-0.2, -0.15) is 0 Å². The Morgan fingerprint density at radius 3 is 2.71 bits per heavy atom. The van der Waals surface area contributed by atoms with Gasteiger partial charge in [-0.25, -0.2) is 4.39 Å². The van der Waals surface area contributed by atoms with Gasteiger partial charge in [0.15, 0.2) is 0 Å². The molecule has 0 unspecified atom stereocenters. The molecule has 0 amide bonds. The molecule has 0 bridgehead atoms. The topological polar surface area (TPSA) is 12.9 Å². The van der Waals surface area contributed by atoms with Crippen LogP contribution >= 0.6 is 11.6 Å². The van der Waals surface area contributed by atoms with Crippen molar-refractivity contribution in [1.82, 2.24) is 4.98 Å². The summed E-state index contributed by atoms with van der Waals surface area (Å²) in [7, 11) is 0. The van der Waals surface area contributed by atoms with Gasteiger partial charge in [-0.15, -0.1) is 0 Å². The van der Waals surface area contributed by atoms with Crippen molar-refractivity contribution in [2.45, 2.75) is 13.8 Å². The molecule has 0 atom stereocenters. The minimum atomic E-state index is -0.318. The molecule has 0 fully saturated rings.